The number of carbonyl (C=O) groups excluding carboxylic acids is 4. The Labute approximate surface area is 245 Å². The van der Waals surface area contributed by atoms with Crippen molar-refractivity contribution in [3.05, 3.63) is 70.8 Å². The van der Waals surface area contributed by atoms with Gasteiger partial charge in [-0.3, -0.25) is 19.2 Å². The molecule has 1 heterocycles. The van der Waals surface area contributed by atoms with Gasteiger partial charge in [-0.15, -0.1) is 0 Å². The molecule has 2 N–H and O–H groups in total. The molecular formula is C31H37N3O8. The van der Waals surface area contributed by atoms with Crippen LogP contribution in [0.25, 0.3) is 0 Å². The highest BCUT2D eigenvalue weighted by molar-refractivity contribution is 6.12. The second-order valence-corrected chi connectivity index (χ2v) is 9.78. The van der Waals surface area contributed by atoms with E-state index in [1.165, 1.54) is 27.9 Å². The maximum atomic E-state index is 13.3. The molecule has 2 aromatic rings. The third-order valence-corrected chi connectivity index (χ3v) is 6.75. The summed E-state index contributed by atoms with van der Waals surface area (Å²) in [5, 5.41) is 2.45. The van der Waals surface area contributed by atoms with Crippen molar-refractivity contribution in [3.63, 3.8) is 0 Å². The smallest absolute Gasteiger partial charge is 0.302 e. The van der Waals surface area contributed by atoms with E-state index in [1.54, 1.807) is 24.3 Å². The van der Waals surface area contributed by atoms with Crippen molar-refractivity contribution in [1.29, 1.82) is 0 Å². The molecule has 0 spiro atoms. The Hall–Kier alpha value is -4.24. The monoisotopic (exact) mass is 579 g/mol. The van der Waals surface area contributed by atoms with Crippen LogP contribution in [0.5, 0.6) is 0 Å². The van der Waals surface area contributed by atoms with Gasteiger partial charge >= 0.3 is 5.97 Å². The van der Waals surface area contributed by atoms with Crippen molar-refractivity contribution < 1.29 is 38.2 Å². The fourth-order valence-electron chi connectivity index (χ4n) is 4.03. The van der Waals surface area contributed by atoms with Gasteiger partial charge < -0.3 is 24.4 Å². The summed E-state index contributed by atoms with van der Waals surface area (Å²) in [5.74, 6) is 3.79. The molecule has 42 heavy (non-hydrogen) atoms. The standard InChI is InChI=1S/C31H37N3O8/c1-22(35)40-20-19-39-21-25-12-10-23(11-13-25)8-9-24-14-16-26(17-15-24)28(36)34(4)31(2,29(37)32-3)30(38)33-42-27-7-5-6-18-41-27/h10-17,27H,5-7,18-21H2,1-4H3,(H,32,37)(H,33,38). The van der Waals surface area contributed by atoms with Crippen LogP contribution >= 0.6 is 0 Å². The number of esters is 1. The molecule has 0 aliphatic carbocycles. The second kappa shape index (κ2) is 15.7. The van der Waals surface area contributed by atoms with E-state index in [2.05, 4.69) is 22.6 Å². The minimum Gasteiger partial charge on any atom is -0.463 e. The van der Waals surface area contributed by atoms with Crippen molar-refractivity contribution in [2.75, 3.05) is 33.9 Å². The number of nitrogens with one attached hydrogen (secondary N) is 2. The number of nitrogens with zero attached hydrogens (tertiary/aromatic N) is 1. The average molecular weight is 580 g/mol. The summed E-state index contributed by atoms with van der Waals surface area (Å²) in [4.78, 5) is 56.4. The van der Waals surface area contributed by atoms with Gasteiger partial charge in [-0.25, -0.2) is 10.3 Å². The predicted octanol–water partition coefficient (Wildman–Crippen LogP) is 2.32. The first-order chi connectivity index (χ1) is 20.1. The van der Waals surface area contributed by atoms with E-state index in [9.17, 15) is 19.2 Å². The number of ether oxygens (including phenoxy) is 3. The first-order valence-corrected chi connectivity index (χ1v) is 13.6. The van der Waals surface area contributed by atoms with Gasteiger partial charge in [-0.1, -0.05) is 24.0 Å². The van der Waals surface area contributed by atoms with Gasteiger partial charge in [-0.2, -0.15) is 0 Å². The summed E-state index contributed by atoms with van der Waals surface area (Å²) in [6.07, 6.45) is 1.82. The Morgan fingerprint density at radius 2 is 1.62 bits per heavy atom. The number of hydroxylamine groups is 1. The molecule has 3 rings (SSSR count). The van der Waals surface area contributed by atoms with E-state index in [1.807, 2.05) is 24.3 Å². The SMILES string of the molecule is CNC(=O)C(C)(C(=O)NOC1CCCCO1)N(C)C(=O)c1ccc(C#Cc2ccc(COCCOC(C)=O)cc2)cc1. The van der Waals surface area contributed by atoms with Gasteiger partial charge in [0.25, 0.3) is 17.7 Å². The van der Waals surface area contributed by atoms with Gasteiger partial charge in [-0.05, 0) is 61.7 Å². The zero-order valence-corrected chi connectivity index (χ0v) is 24.4. The molecule has 1 saturated heterocycles. The van der Waals surface area contributed by atoms with E-state index >= 15 is 0 Å². The summed E-state index contributed by atoms with van der Waals surface area (Å²) in [6, 6.07) is 14.1. The highest BCUT2D eigenvalue weighted by Crippen LogP contribution is 2.20. The van der Waals surface area contributed by atoms with Crippen LogP contribution < -0.4 is 10.8 Å². The molecule has 1 aliphatic heterocycles. The summed E-state index contributed by atoms with van der Waals surface area (Å²) < 4.78 is 15.8. The van der Waals surface area contributed by atoms with Crippen LogP contribution in [0.4, 0.5) is 0 Å². The van der Waals surface area contributed by atoms with Crippen molar-refractivity contribution in [1.82, 2.24) is 15.7 Å². The summed E-state index contributed by atoms with van der Waals surface area (Å²) in [5.41, 5.74) is 3.12. The lowest BCUT2D eigenvalue weighted by Crippen LogP contribution is -2.65. The molecule has 0 saturated carbocycles. The third kappa shape index (κ3) is 8.88. The second-order valence-electron chi connectivity index (χ2n) is 9.78. The number of benzene rings is 2. The van der Waals surface area contributed by atoms with Crippen LogP contribution in [-0.2, 0) is 40.0 Å². The molecule has 1 fully saturated rings. The van der Waals surface area contributed by atoms with E-state index in [-0.39, 0.29) is 18.1 Å². The summed E-state index contributed by atoms with van der Waals surface area (Å²) >= 11 is 0. The van der Waals surface area contributed by atoms with E-state index in [4.69, 9.17) is 19.0 Å². The first kappa shape index (κ1) is 32.3. The Morgan fingerprint density at radius 1 is 0.976 bits per heavy atom. The third-order valence-electron chi connectivity index (χ3n) is 6.75. The number of carbonyl (C=O) groups is 4. The highest BCUT2D eigenvalue weighted by Gasteiger charge is 2.47. The van der Waals surface area contributed by atoms with Gasteiger partial charge in [0.15, 0.2) is 11.8 Å². The van der Waals surface area contributed by atoms with Crippen LogP contribution in [0, 0.1) is 11.8 Å². The maximum Gasteiger partial charge on any atom is 0.302 e. The summed E-state index contributed by atoms with van der Waals surface area (Å²) in [7, 11) is 2.77. The van der Waals surface area contributed by atoms with Gasteiger partial charge in [0.1, 0.15) is 6.61 Å². The average Bonchev–Trinajstić information content (AvgIpc) is 3.02. The largest absolute Gasteiger partial charge is 0.463 e. The molecule has 11 heteroatoms. The molecule has 2 atom stereocenters. The molecule has 0 bridgehead atoms. The lowest BCUT2D eigenvalue weighted by molar-refractivity contribution is -0.204. The molecule has 224 valence electrons. The fraction of sp³-hybridized carbons (Fsp3) is 0.419. The van der Waals surface area contributed by atoms with E-state index in [0.717, 1.165) is 28.9 Å². The molecule has 3 amide bonds. The number of hydrogen-bond acceptors (Lipinski definition) is 8. The summed E-state index contributed by atoms with van der Waals surface area (Å²) in [6.45, 7) is 4.15. The topological polar surface area (TPSA) is 132 Å². The normalized spacial score (nSPS) is 15.8. The Bertz CT molecular complexity index is 1290. The quantitative estimate of drug-likeness (QED) is 0.136. The maximum absolute atomic E-state index is 13.3. The van der Waals surface area contributed by atoms with Crippen LogP contribution in [0.15, 0.2) is 48.5 Å². The zero-order valence-electron chi connectivity index (χ0n) is 24.4. The number of amides is 3. The van der Waals surface area contributed by atoms with Gasteiger partial charge in [0, 0.05) is 50.7 Å². The van der Waals surface area contributed by atoms with Crippen LogP contribution in [-0.4, -0.2) is 74.3 Å². The Kier molecular flexibility index (Phi) is 12.0. The number of hydrogen-bond donors (Lipinski definition) is 2. The predicted molar refractivity (Wildman–Crippen MR) is 153 cm³/mol. The molecule has 2 unspecified atom stereocenters. The molecule has 11 nitrogen and oxygen atoms in total. The fourth-order valence-corrected chi connectivity index (χ4v) is 4.03. The highest BCUT2D eigenvalue weighted by atomic mass is 16.8. The van der Waals surface area contributed by atoms with Gasteiger partial charge in [0.2, 0.25) is 0 Å². The van der Waals surface area contributed by atoms with Crippen molar-refractivity contribution in [2.24, 2.45) is 0 Å². The number of rotatable bonds is 11. The lowest BCUT2D eigenvalue weighted by atomic mass is 9.96. The van der Waals surface area contributed by atoms with Gasteiger partial charge in [0.05, 0.1) is 13.2 Å². The van der Waals surface area contributed by atoms with Crippen molar-refractivity contribution in [3.8, 4) is 11.8 Å². The zero-order chi connectivity index (χ0) is 30.5. The van der Waals surface area contributed by atoms with Crippen LogP contribution in [0.2, 0.25) is 0 Å². The molecular weight excluding hydrogens is 542 g/mol. The van der Waals surface area contributed by atoms with Crippen molar-refractivity contribution >= 4 is 23.7 Å². The van der Waals surface area contributed by atoms with Crippen molar-refractivity contribution in [2.45, 2.75) is 51.5 Å². The van der Waals surface area contributed by atoms with E-state index < -0.39 is 29.6 Å². The van der Waals surface area contributed by atoms with Crippen LogP contribution in [0.3, 0.4) is 0 Å². The van der Waals surface area contributed by atoms with Crippen LogP contribution in [0.1, 0.15) is 60.2 Å². The molecule has 1 aliphatic rings. The minimum absolute atomic E-state index is 0.216. The number of likely N-dealkylation sites (N-methyl/N-ethyl adjacent to an activating group) is 2. The minimum atomic E-state index is -1.89. The molecule has 2 aromatic carbocycles. The first-order valence-electron chi connectivity index (χ1n) is 13.6. The molecule has 0 radical (unpaired) electrons. The van der Waals surface area contributed by atoms with E-state index in [0.29, 0.717) is 31.8 Å². The molecule has 0 aromatic heterocycles. The Morgan fingerprint density at radius 3 is 2.19 bits per heavy atom. The lowest BCUT2D eigenvalue weighted by Gasteiger charge is -2.36. The Balaban J connectivity index is 1.61.